The van der Waals surface area contributed by atoms with Crippen molar-refractivity contribution < 1.29 is 4.79 Å². The van der Waals surface area contributed by atoms with Crippen LogP contribution in [0.4, 0.5) is 5.69 Å². The fraction of sp³-hybridized carbons (Fsp3) is 0.0909. The number of anilines is 1. The first-order valence-corrected chi connectivity index (χ1v) is 5.74. The van der Waals surface area contributed by atoms with E-state index in [0.717, 1.165) is 10.2 Å². The van der Waals surface area contributed by atoms with Gasteiger partial charge in [-0.05, 0) is 40.2 Å². The Morgan fingerprint density at radius 1 is 1.47 bits per heavy atom. The Bertz CT molecular complexity index is 564. The van der Waals surface area contributed by atoms with E-state index in [1.54, 1.807) is 36.1 Å². The lowest BCUT2D eigenvalue weighted by atomic mass is 10.3. The molecule has 2 aromatic rings. The predicted molar refractivity (Wildman–Crippen MR) is 69.1 cm³/mol. The largest absolute Gasteiger partial charge is 0.399 e. The molecule has 0 bridgehead atoms. The number of halogens is 1. The molecule has 1 amide bonds. The van der Waals surface area contributed by atoms with Gasteiger partial charge in [-0.2, -0.15) is 5.10 Å². The van der Waals surface area contributed by atoms with Gasteiger partial charge in [0.15, 0.2) is 5.69 Å². The van der Waals surface area contributed by atoms with Crippen LogP contribution in [0.1, 0.15) is 10.5 Å². The van der Waals surface area contributed by atoms with Crippen LogP contribution in [-0.2, 0) is 0 Å². The SMILES string of the molecule is CNC(=O)c1ccn(-c2ccc(N)cc2Br)n1. The molecule has 1 heterocycles. The lowest BCUT2D eigenvalue weighted by Crippen LogP contribution is -2.18. The van der Waals surface area contributed by atoms with E-state index < -0.39 is 0 Å². The van der Waals surface area contributed by atoms with Crippen LogP contribution in [-0.4, -0.2) is 22.7 Å². The number of nitrogens with one attached hydrogen (secondary N) is 1. The summed E-state index contributed by atoms with van der Waals surface area (Å²) in [6.45, 7) is 0. The number of benzene rings is 1. The zero-order valence-corrected chi connectivity index (χ0v) is 10.7. The molecule has 0 radical (unpaired) electrons. The summed E-state index contributed by atoms with van der Waals surface area (Å²) in [5, 5.41) is 6.70. The van der Waals surface area contributed by atoms with Gasteiger partial charge < -0.3 is 11.1 Å². The molecule has 88 valence electrons. The normalized spacial score (nSPS) is 10.2. The van der Waals surface area contributed by atoms with Crippen molar-refractivity contribution >= 4 is 27.5 Å². The second kappa shape index (κ2) is 4.58. The smallest absolute Gasteiger partial charge is 0.271 e. The zero-order valence-electron chi connectivity index (χ0n) is 9.14. The third kappa shape index (κ3) is 2.31. The maximum Gasteiger partial charge on any atom is 0.271 e. The van der Waals surface area contributed by atoms with Gasteiger partial charge in [0.05, 0.1) is 5.69 Å². The minimum absolute atomic E-state index is 0.213. The number of carbonyl (C=O) groups excluding carboxylic acids is 1. The highest BCUT2D eigenvalue weighted by atomic mass is 79.9. The number of rotatable bonds is 2. The molecule has 0 fully saturated rings. The first-order chi connectivity index (χ1) is 8.11. The average molecular weight is 295 g/mol. The van der Waals surface area contributed by atoms with Crippen LogP contribution in [0.3, 0.4) is 0 Å². The van der Waals surface area contributed by atoms with Crippen molar-refractivity contribution in [3.8, 4) is 5.69 Å². The fourth-order valence-electron chi connectivity index (χ4n) is 1.42. The summed E-state index contributed by atoms with van der Waals surface area (Å²) in [5.74, 6) is -0.213. The number of aromatic nitrogens is 2. The number of amides is 1. The molecule has 1 aromatic heterocycles. The van der Waals surface area contributed by atoms with Crippen LogP contribution in [0.15, 0.2) is 34.9 Å². The highest BCUT2D eigenvalue weighted by molar-refractivity contribution is 9.10. The van der Waals surface area contributed by atoms with Crippen molar-refractivity contribution in [2.24, 2.45) is 0 Å². The van der Waals surface area contributed by atoms with Crippen LogP contribution in [0.2, 0.25) is 0 Å². The Balaban J connectivity index is 2.40. The quantitative estimate of drug-likeness (QED) is 0.826. The standard InChI is InChI=1S/C11H11BrN4O/c1-14-11(17)9-4-5-16(15-9)10-3-2-7(13)6-8(10)12/h2-6H,13H2,1H3,(H,14,17). The topological polar surface area (TPSA) is 72.9 Å². The van der Waals surface area contributed by atoms with E-state index in [0.29, 0.717) is 11.4 Å². The van der Waals surface area contributed by atoms with Gasteiger partial charge in [-0.15, -0.1) is 0 Å². The van der Waals surface area contributed by atoms with Gasteiger partial charge in [-0.1, -0.05) is 0 Å². The van der Waals surface area contributed by atoms with E-state index in [-0.39, 0.29) is 5.91 Å². The van der Waals surface area contributed by atoms with Crippen molar-refractivity contribution in [3.05, 3.63) is 40.6 Å². The van der Waals surface area contributed by atoms with Crippen LogP contribution >= 0.6 is 15.9 Å². The highest BCUT2D eigenvalue weighted by Gasteiger charge is 2.09. The number of nitrogens with zero attached hydrogens (tertiary/aromatic N) is 2. The van der Waals surface area contributed by atoms with E-state index in [4.69, 9.17) is 5.73 Å². The minimum atomic E-state index is -0.213. The number of nitrogen functional groups attached to an aromatic ring is 1. The van der Waals surface area contributed by atoms with Crippen molar-refractivity contribution in [1.82, 2.24) is 15.1 Å². The summed E-state index contributed by atoms with van der Waals surface area (Å²) in [6, 6.07) is 7.06. The van der Waals surface area contributed by atoms with Crippen molar-refractivity contribution in [2.75, 3.05) is 12.8 Å². The van der Waals surface area contributed by atoms with Crippen LogP contribution < -0.4 is 11.1 Å². The molecule has 5 nitrogen and oxygen atoms in total. The van der Waals surface area contributed by atoms with Crippen molar-refractivity contribution in [3.63, 3.8) is 0 Å². The molecule has 0 unspecified atom stereocenters. The van der Waals surface area contributed by atoms with Gasteiger partial charge in [0.1, 0.15) is 0 Å². The molecule has 0 aliphatic carbocycles. The molecule has 0 spiro atoms. The molecule has 0 aliphatic rings. The lowest BCUT2D eigenvalue weighted by Gasteiger charge is -2.05. The van der Waals surface area contributed by atoms with Gasteiger partial charge in [-0.3, -0.25) is 4.79 Å². The zero-order chi connectivity index (χ0) is 12.4. The maximum atomic E-state index is 11.4. The molecule has 0 aliphatic heterocycles. The second-order valence-electron chi connectivity index (χ2n) is 3.44. The first kappa shape index (κ1) is 11.7. The molecule has 0 atom stereocenters. The minimum Gasteiger partial charge on any atom is -0.399 e. The molecule has 0 saturated heterocycles. The van der Waals surface area contributed by atoms with Gasteiger partial charge in [0.2, 0.25) is 0 Å². The number of hydrogen-bond donors (Lipinski definition) is 2. The maximum absolute atomic E-state index is 11.4. The number of hydrogen-bond acceptors (Lipinski definition) is 3. The Kier molecular flexibility index (Phi) is 3.14. The van der Waals surface area contributed by atoms with Crippen molar-refractivity contribution in [2.45, 2.75) is 0 Å². The Labute approximate surface area is 107 Å². The molecule has 17 heavy (non-hydrogen) atoms. The van der Waals surface area contributed by atoms with Gasteiger partial charge in [0.25, 0.3) is 5.91 Å². The Morgan fingerprint density at radius 3 is 2.88 bits per heavy atom. The Hall–Kier alpha value is -1.82. The fourth-order valence-corrected chi connectivity index (χ4v) is 1.99. The Morgan fingerprint density at radius 2 is 2.24 bits per heavy atom. The number of carbonyl (C=O) groups is 1. The molecular weight excluding hydrogens is 284 g/mol. The van der Waals surface area contributed by atoms with E-state index in [9.17, 15) is 4.79 Å². The first-order valence-electron chi connectivity index (χ1n) is 4.95. The summed E-state index contributed by atoms with van der Waals surface area (Å²) >= 11 is 3.41. The van der Waals surface area contributed by atoms with Gasteiger partial charge >= 0.3 is 0 Å². The third-order valence-electron chi connectivity index (χ3n) is 2.27. The van der Waals surface area contributed by atoms with Gasteiger partial charge in [0, 0.05) is 23.4 Å². The van der Waals surface area contributed by atoms with Gasteiger partial charge in [-0.25, -0.2) is 4.68 Å². The van der Waals surface area contributed by atoms with Crippen LogP contribution in [0.5, 0.6) is 0 Å². The second-order valence-corrected chi connectivity index (χ2v) is 4.29. The monoisotopic (exact) mass is 294 g/mol. The molecule has 6 heteroatoms. The lowest BCUT2D eigenvalue weighted by molar-refractivity contribution is 0.0957. The van der Waals surface area contributed by atoms with E-state index in [1.165, 1.54) is 0 Å². The summed E-state index contributed by atoms with van der Waals surface area (Å²) in [5.41, 5.74) is 7.52. The summed E-state index contributed by atoms with van der Waals surface area (Å²) in [7, 11) is 1.57. The highest BCUT2D eigenvalue weighted by Crippen LogP contribution is 2.23. The van der Waals surface area contributed by atoms with Crippen LogP contribution in [0.25, 0.3) is 5.69 Å². The predicted octanol–water partition coefficient (Wildman–Crippen LogP) is 1.58. The molecular formula is C11H11BrN4O. The van der Waals surface area contributed by atoms with E-state index in [2.05, 4.69) is 26.3 Å². The number of nitrogens with two attached hydrogens (primary N) is 1. The van der Waals surface area contributed by atoms with Crippen LogP contribution in [0, 0.1) is 0 Å². The van der Waals surface area contributed by atoms with E-state index in [1.807, 2.05) is 6.07 Å². The molecule has 0 saturated carbocycles. The molecule has 3 N–H and O–H groups in total. The summed E-state index contributed by atoms with van der Waals surface area (Å²) in [6.07, 6.45) is 1.72. The summed E-state index contributed by atoms with van der Waals surface area (Å²) in [4.78, 5) is 11.4. The molecule has 2 rings (SSSR count). The van der Waals surface area contributed by atoms with E-state index >= 15 is 0 Å². The average Bonchev–Trinajstić information content (AvgIpc) is 2.77. The van der Waals surface area contributed by atoms with Crippen molar-refractivity contribution in [1.29, 1.82) is 0 Å². The third-order valence-corrected chi connectivity index (χ3v) is 2.90. The summed E-state index contributed by atoms with van der Waals surface area (Å²) < 4.78 is 2.44. The molecule has 1 aromatic carbocycles.